The molecule has 0 unspecified atom stereocenters. The van der Waals surface area contributed by atoms with Crippen molar-refractivity contribution in [2.75, 3.05) is 0 Å². The van der Waals surface area contributed by atoms with Crippen LogP contribution in [-0.4, -0.2) is 14.8 Å². The topological polar surface area (TPSA) is 30.7 Å². The van der Waals surface area contributed by atoms with Gasteiger partial charge in [-0.15, -0.1) is 21.8 Å². The Morgan fingerprint density at radius 2 is 2.27 bits per heavy atom. The first-order chi connectivity index (χ1) is 7.24. The Morgan fingerprint density at radius 1 is 1.47 bits per heavy atom. The predicted molar refractivity (Wildman–Crippen MR) is 63.4 cm³/mol. The van der Waals surface area contributed by atoms with Gasteiger partial charge in [0.2, 0.25) is 0 Å². The van der Waals surface area contributed by atoms with Gasteiger partial charge in [-0.1, -0.05) is 22.0 Å². The molecule has 5 heteroatoms. The lowest BCUT2D eigenvalue weighted by atomic mass is 10.2. The average Bonchev–Trinajstić information content (AvgIpc) is 2.70. The number of rotatable bonds is 2. The van der Waals surface area contributed by atoms with E-state index < -0.39 is 0 Å². The molecule has 0 aliphatic carbocycles. The average molecular weight is 287 g/mol. The van der Waals surface area contributed by atoms with E-state index >= 15 is 0 Å². The van der Waals surface area contributed by atoms with Gasteiger partial charge in [0.05, 0.1) is 11.6 Å². The van der Waals surface area contributed by atoms with E-state index in [4.69, 9.17) is 11.6 Å². The molecule has 0 radical (unpaired) electrons. The van der Waals surface area contributed by atoms with Gasteiger partial charge in [-0.2, -0.15) is 0 Å². The highest BCUT2D eigenvalue weighted by atomic mass is 79.9. The van der Waals surface area contributed by atoms with Gasteiger partial charge in [0.1, 0.15) is 6.33 Å². The van der Waals surface area contributed by atoms with Crippen LogP contribution in [0, 0.1) is 6.92 Å². The van der Waals surface area contributed by atoms with Crippen molar-refractivity contribution < 1.29 is 0 Å². The molecule has 0 fully saturated rings. The van der Waals surface area contributed by atoms with Crippen LogP contribution in [0.15, 0.2) is 29.0 Å². The Labute approximate surface area is 101 Å². The van der Waals surface area contributed by atoms with E-state index in [0.29, 0.717) is 5.88 Å². The summed E-state index contributed by atoms with van der Waals surface area (Å²) in [5, 5.41) is 7.80. The van der Waals surface area contributed by atoms with Crippen molar-refractivity contribution >= 4 is 27.5 Å². The van der Waals surface area contributed by atoms with Gasteiger partial charge < -0.3 is 0 Å². The van der Waals surface area contributed by atoms with Gasteiger partial charge in [0.15, 0.2) is 5.82 Å². The van der Waals surface area contributed by atoms with Crippen LogP contribution in [0.1, 0.15) is 11.4 Å². The van der Waals surface area contributed by atoms with Crippen molar-refractivity contribution in [3.63, 3.8) is 0 Å². The molecule has 1 heterocycles. The lowest BCUT2D eigenvalue weighted by molar-refractivity contribution is 0.942. The highest BCUT2D eigenvalue weighted by Gasteiger charge is 2.08. The van der Waals surface area contributed by atoms with Gasteiger partial charge in [0, 0.05) is 4.47 Å². The Morgan fingerprint density at radius 3 is 3.00 bits per heavy atom. The lowest BCUT2D eigenvalue weighted by Gasteiger charge is -2.09. The summed E-state index contributed by atoms with van der Waals surface area (Å²) in [6, 6.07) is 5.99. The highest BCUT2D eigenvalue weighted by molar-refractivity contribution is 9.10. The van der Waals surface area contributed by atoms with Crippen LogP contribution in [0.2, 0.25) is 0 Å². The van der Waals surface area contributed by atoms with Gasteiger partial charge in [0.25, 0.3) is 0 Å². The number of aromatic nitrogens is 3. The van der Waals surface area contributed by atoms with Gasteiger partial charge in [-0.05, 0) is 24.6 Å². The molecule has 0 bridgehead atoms. The molecule has 0 saturated heterocycles. The normalized spacial score (nSPS) is 10.6. The summed E-state index contributed by atoms with van der Waals surface area (Å²) >= 11 is 9.27. The number of halogens is 2. The lowest BCUT2D eigenvalue weighted by Crippen LogP contribution is -2.00. The fraction of sp³-hybridized carbons (Fsp3) is 0.200. The van der Waals surface area contributed by atoms with E-state index in [1.807, 2.05) is 29.7 Å². The van der Waals surface area contributed by atoms with Crippen LogP contribution >= 0.6 is 27.5 Å². The molecule has 0 amide bonds. The van der Waals surface area contributed by atoms with Crippen LogP contribution < -0.4 is 0 Å². The molecule has 1 aromatic carbocycles. The Bertz CT molecular complexity index is 481. The second-order valence-electron chi connectivity index (χ2n) is 3.13. The molecule has 0 saturated carbocycles. The SMILES string of the molecule is Cc1c(Br)cccc1-n1cnnc1CCl. The van der Waals surface area contributed by atoms with Crippen LogP contribution in [0.3, 0.4) is 0 Å². The molecule has 1 aromatic heterocycles. The quantitative estimate of drug-likeness (QED) is 0.794. The van der Waals surface area contributed by atoms with E-state index in [1.54, 1.807) is 6.33 Å². The van der Waals surface area contributed by atoms with E-state index in [1.165, 1.54) is 0 Å². The molecule has 0 spiro atoms. The zero-order valence-electron chi connectivity index (χ0n) is 8.11. The number of hydrogen-bond acceptors (Lipinski definition) is 2. The largest absolute Gasteiger partial charge is 0.284 e. The molecule has 0 aliphatic heterocycles. The summed E-state index contributed by atoms with van der Waals surface area (Å²) in [4.78, 5) is 0. The number of nitrogens with zero attached hydrogens (tertiary/aromatic N) is 3. The first-order valence-corrected chi connectivity index (χ1v) is 5.77. The molecule has 78 valence electrons. The summed E-state index contributed by atoms with van der Waals surface area (Å²) < 4.78 is 2.96. The summed E-state index contributed by atoms with van der Waals surface area (Å²) in [6.45, 7) is 2.04. The standard InChI is InChI=1S/C10H9BrClN3/c1-7-8(11)3-2-4-9(7)15-6-13-14-10(15)5-12/h2-4,6H,5H2,1H3. The van der Waals surface area contributed by atoms with Crippen LogP contribution in [0.4, 0.5) is 0 Å². The van der Waals surface area contributed by atoms with Gasteiger partial charge in [-0.25, -0.2) is 0 Å². The van der Waals surface area contributed by atoms with Crippen LogP contribution in [-0.2, 0) is 5.88 Å². The molecule has 2 rings (SSSR count). The predicted octanol–water partition coefficient (Wildman–Crippen LogP) is 3.08. The van der Waals surface area contributed by atoms with Crippen LogP contribution in [0.5, 0.6) is 0 Å². The smallest absolute Gasteiger partial charge is 0.152 e. The summed E-state index contributed by atoms with van der Waals surface area (Å²) in [5.41, 5.74) is 2.19. The number of alkyl halides is 1. The second-order valence-corrected chi connectivity index (χ2v) is 4.26. The van der Waals surface area contributed by atoms with Crippen molar-refractivity contribution in [1.29, 1.82) is 0 Å². The minimum absolute atomic E-state index is 0.353. The molecule has 0 N–H and O–H groups in total. The minimum Gasteiger partial charge on any atom is -0.284 e. The maximum Gasteiger partial charge on any atom is 0.152 e. The zero-order valence-corrected chi connectivity index (χ0v) is 10.5. The highest BCUT2D eigenvalue weighted by Crippen LogP contribution is 2.23. The van der Waals surface area contributed by atoms with Crippen molar-refractivity contribution in [2.45, 2.75) is 12.8 Å². The minimum atomic E-state index is 0.353. The molecule has 0 aliphatic rings. The molecular weight excluding hydrogens is 277 g/mol. The van der Waals surface area contributed by atoms with Crippen molar-refractivity contribution in [3.8, 4) is 5.69 Å². The van der Waals surface area contributed by atoms with E-state index in [9.17, 15) is 0 Å². The van der Waals surface area contributed by atoms with Gasteiger partial charge in [-0.3, -0.25) is 4.57 Å². The molecular formula is C10H9BrClN3. The molecule has 0 atom stereocenters. The maximum atomic E-state index is 5.78. The Balaban J connectivity index is 2.59. The molecule has 2 aromatic rings. The second kappa shape index (κ2) is 4.33. The fourth-order valence-electron chi connectivity index (χ4n) is 1.41. The Hall–Kier alpha value is -0.870. The third-order valence-corrected chi connectivity index (χ3v) is 3.33. The molecule has 15 heavy (non-hydrogen) atoms. The van der Waals surface area contributed by atoms with Crippen molar-refractivity contribution in [3.05, 3.63) is 40.4 Å². The summed E-state index contributed by atoms with van der Waals surface area (Å²) in [7, 11) is 0. The van der Waals surface area contributed by atoms with Gasteiger partial charge >= 0.3 is 0 Å². The van der Waals surface area contributed by atoms with Crippen LogP contribution in [0.25, 0.3) is 5.69 Å². The molecule has 3 nitrogen and oxygen atoms in total. The zero-order chi connectivity index (χ0) is 10.8. The third kappa shape index (κ3) is 1.92. The maximum absolute atomic E-state index is 5.78. The Kier molecular flexibility index (Phi) is 3.07. The number of benzene rings is 1. The summed E-state index contributed by atoms with van der Waals surface area (Å²) in [5.74, 6) is 1.10. The monoisotopic (exact) mass is 285 g/mol. The van der Waals surface area contributed by atoms with Crippen molar-refractivity contribution in [1.82, 2.24) is 14.8 Å². The first kappa shape index (κ1) is 10.6. The first-order valence-electron chi connectivity index (χ1n) is 4.44. The number of hydrogen-bond donors (Lipinski definition) is 0. The van der Waals surface area contributed by atoms with E-state index in [-0.39, 0.29) is 0 Å². The van der Waals surface area contributed by atoms with E-state index in [0.717, 1.165) is 21.5 Å². The van der Waals surface area contributed by atoms with Crippen molar-refractivity contribution in [2.24, 2.45) is 0 Å². The third-order valence-electron chi connectivity index (χ3n) is 2.24. The summed E-state index contributed by atoms with van der Waals surface area (Å²) in [6.07, 6.45) is 1.67. The fourth-order valence-corrected chi connectivity index (χ4v) is 1.95. The van der Waals surface area contributed by atoms with E-state index in [2.05, 4.69) is 26.1 Å².